The Morgan fingerprint density at radius 2 is 1.97 bits per heavy atom. The highest BCUT2D eigenvalue weighted by Gasteiger charge is 2.41. The molecule has 1 fully saturated rings. The molecule has 7 heteroatoms. The van der Waals surface area contributed by atoms with Crippen molar-refractivity contribution in [1.82, 2.24) is 10.3 Å². The number of fused-ring (bicyclic) bond motifs is 2. The monoisotopic (exact) mass is 460 g/mol. The molecule has 1 saturated carbocycles. The molecule has 0 spiro atoms. The average molecular weight is 461 g/mol. The van der Waals surface area contributed by atoms with E-state index in [1.807, 2.05) is 24.4 Å². The third-order valence-electron chi connectivity index (χ3n) is 6.71. The minimum Gasteiger partial charge on any atom is -0.493 e. The molecule has 2 heterocycles. The van der Waals surface area contributed by atoms with E-state index in [0.29, 0.717) is 24.3 Å². The number of hydrogen-bond donors (Lipinski definition) is 2. The normalized spacial score (nSPS) is 22.0. The standard InChI is InChI=1S/C27H28N2O5/c1-32-20-10-11-22-24(14-20)33-16-25(26(22)30)34-19-8-6-17(7-9-19)27(31)28-13-12-18-15-29-23-5-3-2-4-21(18)23/h2-9,15-16,20,22,24,29H,10-14H2,1H3,(H,28,31). The highest BCUT2D eigenvalue weighted by atomic mass is 16.5. The summed E-state index contributed by atoms with van der Waals surface area (Å²) in [4.78, 5) is 28.6. The molecule has 3 aromatic rings. The van der Waals surface area contributed by atoms with Crippen molar-refractivity contribution in [1.29, 1.82) is 0 Å². The van der Waals surface area contributed by atoms with Crippen LogP contribution >= 0.6 is 0 Å². The fourth-order valence-corrected chi connectivity index (χ4v) is 4.77. The van der Waals surface area contributed by atoms with Gasteiger partial charge in [0.25, 0.3) is 5.91 Å². The van der Waals surface area contributed by atoms with E-state index in [4.69, 9.17) is 14.2 Å². The summed E-state index contributed by atoms with van der Waals surface area (Å²) in [6.07, 6.45) is 6.37. The second-order valence-electron chi connectivity index (χ2n) is 8.79. The zero-order valence-corrected chi connectivity index (χ0v) is 19.1. The van der Waals surface area contributed by atoms with Gasteiger partial charge in [0.2, 0.25) is 11.5 Å². The Balaban J connectivity index is 1.15. The molecule has 2 aromatic carbocycles. The second-order valence-corrected chi connectivity index (χ2v) is 8.79. The number of ketones is 1. The van der Waals surface area contributed by atoms with E-state index in [0.717, 1.165) is 24.8 Å². The fraction of sp³-hybridized carbons (Fsp3) is 0.333. The molecule has 2 aliphatic rings. The number of ether oxygens (including phenoxy) is 3. The van der Waals surface area contributed by atoms with E-state index < -0.39 is 0 Å². The predicted octanol–water partition coefficient (Wildman–Crippen LogP) is 4.14. The van der Waals surface area contributed by atoms with Gasteiger partial charge in [0.1, 0.15) is 18.1 Å². The second kappa shape index (κ2) is 9.73. The van der Waals surface area contributed by atoms with Crippen molar-refractivity contribution in [2.45, 2.75) is 37.9 Å². The third-order valence-corrected chi connectivity index (χ3v) is 6.71. The Morgan fingerprint density at radius 3 is 2.79 bits per heavy atom. The van der Waals surface area contributed by atoms with E-state index >= 15 is 0 Å². The zero-order valence-electron chi connectivity index (χ0n) is 19.1. The molecule has 1 amide bonds. The summed E-state index contributed by atoms with van der Waals surface area (Å²) in [5.74, 6) is 0.301. The van der Waals surface area contributed by atoms with Crippen molar-refractivity contribution in [3.63, 3.8) is 0 Å². The van der Waals surface area contributed by atoms with Gasteiger partial charge in [-0.25, -0.2) is 0 Å². The topological polar surface area (TPSA) is 89.6 Å². The van der Waals surface area contributed by atoms with Crippen LogP contribution in [-0.2, 0) is 20.7 Å². The Hall–Kier alpha value is -3.58. The number of para-hydroxylation sites is 1. The van der Waals surface area contributed by atoms with E-state index in [-0.39, 0.29) is 35.6 Å². The number of benzene rings is 2. The molecule has 176 valence electrons. The highest BCUT2D eigenvalue weighted by molar-refractivity contribution is 5.97. The Labute approximate surface area is 198 Å². The van der Waals surface area contributed by atoms with Crippen LogP contribution in [0.2, 0.25) is 0 Å². The number of carbonyl (C=O) groups is 2. The molecule has 1 aliphatic heterocycles. The maximum absolute atomic E-state index is 12.9. The van der Waals surface area contributed by atoms with E-state index in [1.54, 1.807) is 31.4 Å². The molecule has 0 radical (unpaired) electrons. The molecule has 1 aromatic heterocycles. The smallest absolute Gasteiger partial charge is 0.251 e. The van der Waals surface area contributed by atoms with Crippen LogP contribution in [0.5, 0.6) is 5.75 Å². The Morgan fingerprint density at radius 1 is 1.15 bits per heavy atom. The number of hydrogen-bond acceptors (Lipinski definition) is 5. The van der Waals surface area contributed by atoms with Crippen molar-refractivity contribution >= 4 is 22.6 Å². The first-order valence-corrected chi connectivity index (χ1v) is 11.7. The molecule has 5 rings (SSSR count). The lowest BCUT2D eigenvalue weighted by Gasteiger charge is -2.36. The Bertz CT molecular complexity index is 1210. The summed E-state index contributed by atoms with van der Waals surface area (Å²) in [6, 6.07) is 14.9. The number of H-pyrrole nitrogens is 1. The molecule has 34 heavy (non-hydrogen) atoms. The van der Waals surface area contributed by atoms with Crippen molar-refractivity contribution in [3.05, 3.63) is 77.9 Å². The number of aromatic amines is 1. The van der Waals surface area contributed by atoms with Gasteiger partial charge in [0.15, 0.2) is 0 Å². The van der Waals surface area contributed by atoms with Gasteiger partial charge in [-0.3, -0.25) is 9.59 Å². The summed E-state index contributed by atoms with van der Waals surface area (Å²) in [7, 11) is 1.69. The predicted molar refractivity (Wildman–Crippen MR) is 128 cm³/mol. The molecule has 1 aliphatic carbocycles. The molecule has 3 unspecified atom stereocenters. The Kier molecular flexibility index (Phi) is 6.36. The van der Waals surface area contributed by atoms with Crippen LogP contribution in [0.1, 0.15) is 35.2 Å². The van der Waals surface area contributed by atoms with Crippen LogP contribution in [0, 0.1) is 5.92 Å². The van der Waals surface area contributed by atoms with Gasteiger partial charge < -0.3 is 24.5 Å². The summed E-state index contributed by atoms with van der Waals surface area (Å²) in [5, 5.41) is 4.13. The first kappa shape index (κ1) is 22.2. The van der Waals surface area contributed by atoms with Crippen molar-refractivity contribution < 1.29 is 23.8 Å². The zero-order chi connectivity index (χ0) is 23.5. The lowest BCUT2D eigenvalue weighted by molar-refractivity contribution is -0.133. The number of amides is 1. The molecule has 2 N–H and O–H groups in total. The van der Waals surface area contributed by atoms with Gasteiger partial charge in [-0.1, -0.05) is 18.2 Å². The van der Waals surface area contributed by atoms with Crippen LogP contribution in [0.25, 0.3) is 10.9 Å². The van der Waals surface area contributed by atoms with Gasteiger partial charge in [-0.2, -0.15) is 0 Å². The summed E-state index contributed by atoms with van der Waals surface area (Å²) in [6.45, 7) is 0.532. The van der Waals surface area contributed by atoms with Crippen LogP contribution in [0.15, 0.2) is 66.7 Å². The maximum atomic E-state index is 12.9. The molecule has 3 atom stereocenters. The van der Waals surface area contributed by atoms with Gasteiger partial charge >= 0.3 is 0 Å². The minimum atomic E-state index is -0.200. The fourth-order valence-electron chi connectivity index (χ4n) is 4.77. The molecule has 0 saturated heterocycles. The van der Waals surface area contributed by atoms with Crippen molar-refractivity contribution in [2.75, 3.05) is 13.7 Å². The average Bonchev–Trinajstić information content (AvgIpc) is 3.29. The van der Waals surface area contributed by atoms with Gasteiger partial charge in [0, 0.05) is 42.7 Å². The van der Waals surface area contributed by atoms with Gasteiger partial charge in [-0.05, 0) is 55.2 Å². The first-order chi connectivity index (χ1) is 16.6. The van der Waals surface area contributed by atoms with Crippen LogP contribution < -0.4 is 10.1 Å². The van der Waals surface area contributed by atoms with Gasteiger partial charge in [-0.15, -0.1) is 0 Å². The van der Waals surface area contributed by atoms with Crippen LogP contribution in [0.3, 0.4) is 0 Å². The van der Waals surface area contributed by atoms with Crippen LogP contribution in [-0.4, -0.2) is 42.5 Å². The summed E-state index contributed by atoms with van der Waals surface area (Å²) in [5.41, 5.74) is 2.80. The van der Waals surface area contributed by atoms with Crippen molar-refractivity contribution in [2.24, 2.45) is 5.92 Å². The number of methoxy groups -OCH3 is 1. The summed E-state index contributed by atoms with van der Waals surface area (Å²) < 4.78 is 17.0. The largest absolute Gasteiger partial charge is 0.493 e. The minimum absolute atomic E-state index is 0.0371. The first-order valence-electron chi connectivity index (χ1n) is 11.7. The van der Waals surface area contributed by atoms with Crippen molar-refractivity contribution in [3.8, 4) is 5.75 Å². The molecular formula is C27H28N2O5. The maximum Gasteiger partial charge on any atom is 0.251 e. The lowest BCUT2D eigenvalue weighted by Crippen LogP contribution is -2.42. The van der Waals surface area contributed by atoms with E-state index in [1.165, 1.54) is 17.2 Å². The molecule has 0 bridgehead atoms. The number of carbonyl (C=O) groups excluding carboxylic acids is 2. The molecular weight excluding hydrogens is 432 g/mol. The van der Waals surface area contributed by atoms with Crippen LogP contribution in [0.4, 0.5) is 0 Å². The number of nitrogens with one attached hydrogen (secondary N) is 2. The van der Waals surface area contributed by atoms with Gasteiger partial charge in [0.05, 0.1) is 12.0 Å². The number of allylic oxidation sites excluding steroid dienone is 1. The molecule has 7 nitrogen and oxygen atoms in total. The number of aromatic nitrogens is 1. The quantitative estimate of drug-likeness (QED) is 0.553. The number of rotatable bonds is 7. The summed E-state index contributed by atoms with van der Waals surface area (Å²) >= 11 is 0. The third kappa shape index (κ3) is 4.56. The van der Waals surface area contributed by atoms with E-state index in [9.17, 15) is 9.59 Å². The highest BCUT2D eigenvalue weighted by Crippen LogP contribution is 2.34. The SMILES string of the molecule is COC1CCC2C(=O)C(Oc3ccc(C(=O)NCCc4c[nH]c5ccccc45)cc3)=COC2C1. The van der Waals surface area contributed by atoms with E-state index in [2.05, 4.69) is 16.4 Å². The lowest BCUT2D eigenvalue weighted by atomic mass is 9.80. The number of Topliss-reactive ketones (excluding diaryl/α,β-unsaturated/α-hetero) is 1.